The Hall–Kier alpha value is -2.40. The van der Waals surface area contributed by atoms with E-state index in [1.165, 1.54) is 48.9 Å². The monoisotopic (exact) mass is 460 g/mol. The van der Waals surface area contributed by atoms with Gasteiger partial charge in [-0.2, -0.15) is 0 Å². The number of aryl methyl sites for hydroxylation is 1. The van der Waals surface area contributed by atoms with Crippen LogP contribution in [0.5, 0.6) is 0 Å². The van der Waals surface area contributed by atoms with E-state index in [2.05, 4.69) is 71.1 Å². The molecule has 1 fully saturated rings. The van der Waals surface area contributed by atoms with E-state index in [1.54, 1.807) is 0 Å². The Balaban J connectivity index is 1.37. The summed E-state index contributed by atoms with van der Waals surface area (Å²) in [5, 5.41) is 10.8. The van der Waals surface area contributed by atoms with Crippen molar-refractivity contribution >= 4 is 0 Å². The summed E-state index contributed by atoms with van der Waals surface area (Å²) in [4.78, 5) is 2.45. The first-order valence-corrected chi connectivity index (χ1v) is 12.9. The van der Waals surface area contributed by atoms with Crippen molar-refractivity contribution in [3.8, 4) is 0 Å². The first-order chi connectivity index (χ1) is 16.7. The molecule has 0 saturated heterocycles. The van der Waals surface area contributed by atoms with E-state index in [9.17, 15) is 5.11 Å². The molecule has 1 N–H and O–H groups in total. The molecule has 1 aromatic heterocycles. The highest BCUT2D eigenvalue weighted by molar-refractivity contribution is 5.26. The SMILES string of the molecule is Cc1ccccc1Cn1cccc1CN(CC(O)COCc1ccccc1)CC1CCCCC1. The van der Waals surface area contributed by atoms with E-state index in [0.29, 0.717) is 19.8 Å². The van der Waals surface area contributed by atoms with Crippen LogP contribution < -0.4 is 0 Å². The summed E-state index contributed by atoms with van der Waals surface area (Å²) in [5.41, 5.74) is 5.12. The van der Waals surface area contributed by atoms with Crippen LogP contribution in [-0.2, 0) is 24.4 Å². The van der Waals surface area contributed by atoms with Crippen molar-refractivity contribution in [1.29, 1.82) is 0 Å². The van der Waals surface area contributed by atoms with Crippen LogP contribution in [-0.4, -0.2) is 40.4 Å². The Labute approximate surface area is 205 Å². The lowest BCUT2D eigenvalue weighted by Gasteiger charge is -2.31. The van der Waals surface area contributed by atoms with Gasteiger partial charge in [0.05, 0.1) is 19.3 Å². The Morgan fingerprint density at radius 1 is 0.971 bits per heavy atom. The largest absolute Gasteiger partial charge is 0.389 e. The van der Waals surface area contributed by atoms with Gasteiger partial charge < -0.3 is 14.4 Å². The third-order valence-corrected chi connectivity index (χ3v) is 7.04. The van der Waals surface area contributed by atoms with Gasteiger partial charge in [0.15, 0.2) is 0 Å². The number of nitrogens with zero attached hydrogens (tertiary/aromatic N) is 2. The molecule has 0 radical (unpaired) electrons. The highest BCUT2D eigenvalue weighted by atomic mass is 16.5. The molecule has 1 aliphatic rings. The van der Waals surface area contributed by atoms with Crippen molar-refractivity contribution in [2.24, 2.45) is 5.92 Å². The molecule has 4 rings (SSSR count). The van der Waals surface area contributed by atoms with Gasteiger partial charge >= 0.3 is 0 Å². The van der Waals surface area contributed by atoms with Gasteiger partial charge in [-0.1, -0.05) is 73.9 Å². The van der Waals surface area contributed by atoms with Crippen LogP contribution >= 0.6 is 0 Å². The van der Waals surface area contributed by atoms with E-state index in [-0.39, 0.29) is 0 Å². The second-order valence-electron chi connectivity index (χ2n) is 9.91. The zero-order valence-corrected chi connectivity index (χ0v) is 20.6. The first kappa shape index (κ1) is 24.7. The van der Waals surface area contributed by atoms with Gasteiger partial charge in [0, 0.05) is 38.1 Å². The third kappa shape index (κ3) is 7.56. The molecule has 1 unspecified atom stereocenters. The minimum Gasteiger partial charge on any atom is -0.389 e. The summed E-state index contributed by atoms with van der Waals surface area (Å²) in [6.45, 7) is 6.51. The Morgan fingerprint density at radius 2 is 1.74 bits per heavy atom. The third-order valence-electron chi connectivity index (χ3n) is 7.04. The fraction of sp³-hybridized carbons (Fsp3) is 0.467. The molecule has 1 heterocycles. The molecule has 3 aromatic rings. The van der Waals surface area contributed by atoms with E-state index in [0.717, 1.165) is 31.1 Å². The standard InChI is InChI=1S/C30H40N2O2/c1-25-11-8-9-16-28(25)20-32-18-10-17-29(32)21-31(19-26-12-4-2-5-13-26)22-30(33)24-34-23-27-14-6-3-7-15-27/h3,6-11,14-18,26,30,33H,2,4-5,12-13,19-24H2,1H3. The number of aromatic nitrogens is 1. The Kier molecular flexibility index (Phi) is 9.37. The highest BCUT2D eigenvalue weighted by Crippen LogP contribution is 2.25. The number of hydrogen-bond donors (Lipinski definition) is 1. The number of aliphatic hydroxyl groups excluding tert-OH is 1. The van der Waals surface area contributed by atoms with E-state index >= 15 is 0 Å². The summed E-state index contributed by atoms with van der Waals surface area (Å²) in [5.74, 6) is 0.728. The van der Waals surface area contributed by atoms with Gasteiger partial charge in [-0.05, 0) is 54.5 Å². The number of ether oxygens (including phenoxy) is 1. The molecule has 1 atom stereocenters. The lowest BCUT2D eigenvalue weighted by Crippen LogP contribution is -2.38. The topological polar surface area (TPSA) is 37.6 Å². The van der Waals surface area contributed by atoms with Crippen LogP contribution in [0.3, 0.4) is 0 Å². The molecule has 4 heteroatoms. The van der Waals surface area contributed by atoms with Crippen LogP contribution in [0.2, 0.25) is 0 Å². The van der Waals surface area contributed by atoms with Crippen molar-refractivity contribution in [3.63, 3.8) is 0 Å². The van der Waals surface area contributed by atoms with Crippen LogP contribution in [0.15, 0.2) is 72.9 Å². The van der Waals surface area contributed by atoms with Gasteiger partial charge in [-0.25, -0.2) is 0 Å². The summed E-state index contributed by atoms with van der Waals surface area (Å²) >= 11 is 0. The summed E-state index contributed by atoms with van der Waals surface area (Å²) < 4.78 is 8.20. The molecule has 0 bridgehead atoms. The summed E-state index contributed by atoms with van der Waals surface area (Å²) in [7, 11) is 0. The van der Waals surface area contributed by atoms with Crippen LogP contribution in [0.4, 0.5) is 0 Å². The molecule has 0 spiro atoms. The fourth-order valence-electron chi connectivity index (χ4n) is 5.12. The van der Waals surface area contributed by atoms with E-state index in [1.807, 2.05) is 18.2 Å². The van der Waals surface area contributed by atoms with Gasteiger partial charge in [0.2, 0.25) is 0 Å². The highest BCUT2D eigenvalue weighted by Gasteiger charge is 2.21. The minimum absolute atomic E-state index is 0.361. The molecule has 182 valence electrons. The van der Waals surface area contributed by atoms with Crippen molar-refractivity contribution in [3.05, 3.63) is 95.3 Å². The van der Waals surface area contributed by atoms with Crippen molar-refractivity contribution in [2.75, 3.05) is 19.7 Å². The molecule has 0 amide bonds. The molecule has 4 nitrogen and oxygen atoms in total. The van der Waals surface area contributed by atoms with Gasteiger partial charge in [0.25, 0.3) is 0 Å². The molecule has 1 aliphatic carbocycles. The van der Waals surface area contributed by atoms with Crippen LogP contribution in [0.25, 0.3) is 0 Å². The smallest absolute Gasteiger partial charge is 0.0900 e. The summed E-state index contributed by atoms with van der Waals surface area (Å²) in [6, 6.07) is 23.2. The van der Waals surface area contributed by atoms with E-state index in [4.69, 9.17) is 4.74 Å². The zero-order valence-electron chi connectivity index (χ0n) is 20.6. The maximum absolute atomic E-state index is 10.8. The average Bonchev–Trinajstić information content (AvgIpc) is 3.28. The Bertz CT molecular complexity index is 978. The quantitative estimate of drug-likeness (QED) is 0.371. The van der Waals surface area contributed by atoms with E-state index < -0.39 is 6.10 Å². The maximum Gasteiger partial charge on any atom is 0.0900 e. The predicted molar refractivity (Wildman–Crippen MR) is 139 cm³/mol. The molecule has 1 saturated carbocycles. The van der Waals surface area contributed by atoms with Crippen molar-refractivity contribution in [2.45, 2.75) is 64.8 Å². The first-order valence-electron chi connectivity index (χ1n) is 12.9. The minimum atomic E-state index is -0.493. The molecule has 2 aromatic carbocycles. The molecular formula is C30H40N2O2. The van der Waals surface area contributed by atoms with Crippen LogP contribution in [0.1, 0.15) is 54.5 Å². The maximum atomic E-state index is 10.8. The Morgan fingerprint density at radius 3 is 2.53 bits per heavy atom. The van der Waals surface area contributed by atoms with Crippen LogP contribution in [0, 0.1) is 12.8 Å². The fourth-order valence-corrected chi connectivity index (χ4v) is 5.12. The predicted octanol–water partition coefficient (Wildman–Crippen LogP) is 5.80. The van der Waals surface area contributed by atoms with Crippen molar-refractivity contribution in [1.82, 2.24) is 9.47 Å². The average molecular weight is 461 g/mol. The molecular weight excluding hydrogens is 420 g/mol. The van der Waals surface area contributed by atoms with Crippen molar-refractivity contribution < 1.29 is 9.84 Å². The summed E-state index contributed by atoms with van der Waals surface area (Å²) in [6.07, 6.45) is 8.34. The second kappa shape index (κ2) is 12.9. The number of benzene rings is 2. The van der Waals surface area contributed by atoms with Gasteiger partial charge in [0.1, 0.15) is 0 Å². The number of aliphatic hydroxyl groups is 1. The zero-order chi connectivity index (χ0) is 23.6. The lowest BCUT2D eigenvalue weighted by atomic mass is 9.89. The molecule has 34 heavy (non-hydrogen) atoms. The number of rotatable bonds is 12. The lowest BCUT2D eigenvalue weighted by molar-refractivity contribution is 0.00469. The van der Waals surface area contributed by atoms with Gasteiger partial charge in [-0.15, -0.1) is 0 Å². The molecule has 0 aliphatic heterocycles. The number of hydrogen-bond acceptors (Lipinski definition) is 3. The van der Waals surface area contributed by atoms with Gasteiger partial charge in [-0.3, -0.25) is 4.90 Å². The second-order valence-corrected chi connectivity index (χ2v) is 9.91. The normalized spacial score (nSPS) is 15.6.